The number of hydrogen-bond donors (Lipinski definition) is 0. The lowest BCUT2D eigenvalue weighted by Gasteiger charge is -2.34. The summed E-state index contributed by atoms with van der Waals surface area (Å²) in [6.07, 6.45) is 4.91. The maximum absolute atomic E-state index is 12.8. The Morgan fingerprint density at radius 1 is 1.12 bits per heavy atom. The van der Waals surface area contributed by atoms with Gasteiger partial charge in [-0.1, -0.05) is 0 Å². The van der Waals surface area contributed by atoms with E-state index < -0.39 is 0 Å². The lowest BCUT2D eigenvalue weighted by Crippen LogP contribution is -2.50. The van der Waals surface area contributed by atoms with E-state index in [0.717, 1.165) is 15.3 Å². The molecular formula is C17H14N4O3S2. The summed E-state index contributed by atoms with van der Waals surface area (Å²) in [6, 6.07) is 3.57. The smallest absolute Gasteiger partial charge is 0.264 e. The number of aromatic nitrogens is 2. The molecule has 0 unspecified atom stereocenters. The molecule has 4 aromatic heterocycles. The SMILES string of the molecule is O=C(c1ccoc1)N1CCN(C(=O)c2cc3c(nc4sccn43)s2)CC1. The van der Waals surface area contributed by atoms with Crippen LogP contribution in [0.5, 0.6) is 0 Å². The van der Waals surface area contributed by atoms with E-state index in [2.05, 4.69) is 4.98 Å². The molecule has 2 amide bonds. The maximum Gasteiger partial charge on any atom is 0.264 e. The highest BCUT2D eigenvalue weighted by Crippen LogP contribution is 2.29. The molecule has 4 aromatic rings. The number of hydrogen-bond acceptors (Lipinski definition) is 6. The van der Waals surface area contributed by atoms with Gasteiger partial charge in [0.05, 0.1) is 22.2 Å². The van der Waals surface area contributed by atoms with Crippen molar-refractivity contribution < 1.29 is 14.0 Å². The molecule has 9 heteroatoms. The zero-order chi connectivity index (χ0) is 17.7. The third-order valence-corrected chi connectivity index (χ3v) is 6.34. The van der Waals surface area contributed by atoms with E-state index >= 15 is 0 Å². The second-order valence-corrected chi connectivity index (χ2v) is 7.97. The number of amides is 2. The first kappa shape index (κ1) is 15.6. The van der Waals surface area contributed by atoms with E-state index in [1.807, 2.05) is 22.0 Å². The largest absolute Gasteiger partial charge is 0.472 e. The maximum atomic E-state index is 12.8. The average molecular weight is 386 g/mol. The lowest BCUT2D eigenvalue weighted by molar-refractivity contribution is 0.0537. The zero-order valence-corrected chi connectivity index (χ0v) is 15.3. The summed E-state index contributed by atoms with van der Waals surface area (Å²) in [5, 5.41) is 1.98. The number of thiophene rings is 1. The molecule has 1 saturated heterocycles. The van der Waals surface area contributed by atoms with Gasteiger partial charge in [0.2, 0.25) is 0 Å². The van der Waals surface area contributed by atoms with Crippen LogP contribution in [0.2, 0.25) is 0 Å². The Balaban J connectivity index is 1.31. The van der Waals surface area contributed by atoms with Gasteiger partial charge in [0, 0.05) is 37.8 Å². The molecule has 132 valence electrons. The molecule has 1 fully saturated rings. The Hall–Kier alpha value is -2.65. The van der Waals surface area contributed by atoms with Crippen LogP contribution in [0.25, 0.3) is 15.3 Å². The zero-order valence-electron chi connectivity index (χ0n) is 13.6. The first-order valence-electron chi connectivity index (χ1n) is 8.16. The van der Waals surface area contributed by atoms with E-state index in [4.69, 9.17) is 4.42 Å². The number of imidazole rings is 1. The van der Waals surface area contributed by atoms with Crippen LogP contribution in [0.3, 0.4) is 0 Å². The van der Waals surface area contributed by atoms with Gasteiger partial charge in [-0.15, -0.1) is 22.7 Å². The Bertz CT molecular complexity index is 1100. The van der Waals surface area contributed by atoms with Crippen molar-refractivity contribution in [3.8, 4) is 0 Å². The summed E-state index contributed by atoms with van der Waals surface area (Å²) in [5.74, 6) is -0.0477. The normalized spacial score (nSPS) is 15.2. The number of carbonyl (C=O) groups excluding carboxylic acids is 2. The molecule has 5 rings (SSSR count). The van der Waals surface area contributed by atoms with Crippen LogP contribution < -0.4 is 0 Å². The molecule has 0 N–H and O–H groups in total. The van der Waals surface area contributed by atoms with E-state index in [9.17, 15) is 9.59 Å². The highest BCUT2D eigenvalue weighted by atomic mass is 32.1. The molecule has 0 radical (unpaired) electrons. The highest BCUT2D eigenvalue weighted by molar-refractivity contribution is 7.21. The number of nitrogens with zero attached hydrogens (tertiary/aromatic N) is 4. The molecular weight excluding hydrogens is 372 g/mol. The summed E-state index contributed by atoms with van der Waals surface area (Å²) in [5.41, 5.74) is 1.52. The number of furan rings is 1. The van der Waals surface area contributed by atoms with Crippen molar-refractivity contribution in [3.05, 3.63) is 46.7 Å². The lowest BCUT2D eigenvalue weighted by atomic mass is 10.2. The number of carbonyl (C=O) groups is 2. The monoisotopic (exact) mass is 386 g/mol. The van der Waals surface area contributed by atoms with E-state index in [1.54, 1.807) is 27.2 Å². The topological polar surface area (TPSA) is 71.1 Å². The number of piperazine rings is 1. The van der Waals surface area contributed by atoms with Gasteiger partial charge in [0.25, 0.3) is 11.8 Å². The second-order valence-electron chi connectivity index (χ2n) is 6.06. The number of rotatable bonds is 2. The van der Waals surface area contributed by atoms with Crippen LogP contribution in [0.15, 0.2) is 40.7 Å². The van der Waals surface area contributed by atoms with E-state index in [1.165, 1.54) is 23.9 Å². The van der Waals surface area contributed by atoms with Crippen molar-refractivity contribution in [2.45, 2.75) is 0 Å². The summed E-state index contributed by atoms with van der Waals surface area (Å²) in [6.45, 7) is 2.10. The predicted molar refractivity (Wildman–Crippen MR) is 99.0 cm³/mol. The van der Waals surface area contributed by atoms with Crippen molar-refractivity contribution in [1.82, 2.24) is 19.2 Å². The van der Waals surface area contributed by atoms with Gasteiger partial charge in [-0.2, -0.15) is 0 Å². The Labute approximate surface area is 156 Å². The summed E-state index contributed by atoms with van der Waals surface area (Å²) in [7, 11) is 0. The van der Waals surface area contributed by atoms with Gasteiger partial charge in [0.15, 0.2) is 4.96 Å². The average Bonchev–Trinajstić information content (AvgIpc) is 3.42. The Morgan fingerprint density at radius 3 is 2.62 bits per heavy atom. The summed E-state index contributed by atoms with van der Waals surface area (Å²) in [4.78, 5) is 35.8. The van der Waals surface area contributed by atoms with E-state index in [-0.39, 0.29) is 11.8 Å². The van der Waals surface area contributed by atoms with Crippen LogP contribution in [0, 0.1) is 0 Å². The van der Waals surface area contributed by atoms with Gasteiger partial charge >= 0.3 is 0 Å². The second kappa shape index (κ2) is 5.96. The standard InChI is InChI=1S/C17H14N4O3S2/c22-15(11-1-7-24-10-11)19-2-4-20(5-3-19)16(23)13-9-12-14(26-13)18-17-21(12)6-8-25-17/h1,6-10H,2-5H2. The Kier molecular flexibility index (Phi) is 3.57. The van der Waals surface area contributed by atoms with Crippen LogP contribution in [0.4, 0.5) is 0 Å². The van der Waals surface area contributed by atoms with Crippen LogP contribution in [0.1, 0.15) is 20.0 Å². The molecule has 1 aliphatic rings. The van der Waals surface area contributed by atoms with E-state index in [0.29, 0.717) is 36.6 Å². The third kappa shape index (κ3) is 2.43. The molecule has 0 spiro atoms. The van der Waals surface area contributed by atoms with Gasteiger partial charge in [-0.25, -0.2) is 4.98 Å². The first-order chi connectivity index (χ1) is 12.7. The van der Waals surface area contributed by atoms with Gasteiger partial charge in [-0.3, -0.25) is 14.0 Å². The fraction of sp³-hybridized carbons (Fsp3) is 0.235. The fourth-order valence-electron chi connectivity index (χ4n) is 3.19. The third-order valence-electron chi connectivity index (χ3n) is 4.57. The molecule has 5 heterocycles. The molecule has 0 atom stereocenters. The van der Waals surface area contributed by atoms with Crippen LogP contribution in [-0.4, -0.2) is 57.2 Å². The van der Waals surface area contributed by atoms with Gasteiger partial charge in [0.1, 0.15) is 11.1 Å². The molecule has 26 heavy (non-hydrogen) atoms. The Morgan fingerprint density at radius 2 is 1.88 bits per heavy atom. The van der Waals surface area contributed by atoms with Crippen molar-refractivity contribution >= 4 is 49.8 Å². The molecule has 0 aromatic carbocycles. The minimum Gasteiger partial charge on any atom is -0.472 e. The predicted octanol–water partition coefficient (Wildman–Crippen LogP) is 2.80. The number of fused-ring (bicyclic) bond motifs is 3. The fourth-order valence-corrected chi connectivity index (χ4v) is 4.96. The minimum absolute atomic E-state index is 0.00684. The molecule has 0 bridgehead atoms. The van der Waals surface area contributed by atoms with Gasteiger partial charge in [-0.05, 0) is 12.1 Å². The van der Waals surface area contributed by atoms with Crippen LogP contribution >= 0.6 is 22.7 Å². The summed E-state index contributed by atoms with van der Waals surface area (Å²) < 4.78 is 6.98. The van der Waals surface area contributed by atoms with Crippen molar-refractivity contribution in [3.63, 3.8) is 0 Å². The quantitative estimate of drug-likeness (QED) is 0.531. The van der Waals surface area contributed by atoms with Crippen molar-refractivity contribution in [2.75, 3.05) is 26.2 Å². The first-order valence-corrected chi connectivity index (χ1v) is 9.86. The minimum atomic E-state index is -0.0545. The molecule has 0 aliphatic carbocycles. The van der Waals surface area contributed by atoms with Crippen LogP contribution in [-0.2, 0) is 0 Å². The molecule has 0 saturated carbocycles. The van der Waals surface area contributed by atoms with Crippen molar-refractivity contribution in [2.24, 2.45) is 0 Å². The number of thiazole rings is 1. The summed E-state index contributed by atoms with van der Waals surface area (Å²) >= 11 is 3.01. The van der Waals surface area contributed by atoms with Crippen molar-refractivity contribution in [1.29, 1.82) is 0 Å². The molecule has 7 nitrogen and oxygen atoms in total. The van der Waals surface area contributed by atoms with Gasteiger partial charge < -0.3 is 14.2 Å². The highest BCUT2D eigenvalue weighted by Gasteiger charge is 2.27. The molecule has 1 aliphatic heterocycles.